The van der Waals surface area contributed by atoms with Crippen molar-refractivity contribution in [3.63, 3.8) is 0 Å². The molecule has 0 aromatic heterocycles. The minimum absolute atomic E-state index is 0.0478. The van der Waals surface area contributed by atoms with Gasteiger partial charge in [0.25, 0.3) is 0 Å². The number of ether oxygens (including phenoxy) is 2. The summed E-state index contributed by atoms with van der Waals surface area (Å²) in [6.07, 6.45) is 2.08. The number of allylic oxidation sites excluding steroid dienone is 1. The number of amidine groups is 1. The van der Waals surface area contributed by atoms with Gasteiger partial charge in [0.2, 0.25) is 5.91 Å². The third kappa shape index (κ3) is 3.39. The van der Waals surface area contributed by atoms with Crippen molar-refractivity contribution >= 4 is 28.8 Å². The lowest BCUT2D eigenvalue weighted by atomic mass is 9.94. The van der Waals surface area contributed by atoms with Crippen LogP contribution in [0.2, 0.25) is 0 Å². The highest BCUT2D eigenvalue weighted by Gasteiger charge is 2.41. The molecule has 6 nitrogen and oxygen atoms in total. The Morgan fingerprint density at radius 2 is 2.15 bits per heavy atom. The number of hydrogen-bond acceptors (Lipinski definition) is 6. The fraction of sp³-hybridized carbons (Fsp3) is 0.316. The Morgan fingerprint density at radius 1 is 1.42 bits per heavy atom. The van der Waals surface area contributed by atoms with Crippen LogP contribution in [0.15, 0.2) is 53.2 Å². The van der Waals surface area contributed by atoms with Gasteiger partial charge in [-0.2, -0.15) is 0 Å². The zero-order valence-corrected chi connectivity index (χ0v) is 15.5. The van der Waals surface area contributed by atoms with Gasteiger partial charge in [-0.1, -0.05) is 36.5 Å². The smallest absolute Gasteiger partial charge is 0.338 e. The van der Waals surface area contributed by atoms with Gasteiger partial charge in [-0.05, 0) is 24.6 Å². The number of thioether (sulfide) groups is 1. The molecule has 1 aromatic rings. The summed E-state index contributed by atoms with van der Waals surface area (Å²) < 4.78 is 10.5. The molecule has 2 heterocycles. The lowest BCUT2D eigenvalue weighted by molar-refractivity contribution is -0.137. The lowest BCUT2D eigenvalue weighted by Crippen LogP contribution is -2.45. The van der Waals surface area contributed by atoms with Crippen LogP contribution < -0.4 is 4.74 Å². The Balaban J connectivity index is 2.04. The van der Waals surface area contributed by atoms with Crippen molar-refractivity contribution in [1.29, 1.82) is 0 Å². The zero-order valence-electron chi connectivity index (χ0n) is 14.7. The van der Waals surface area contributed by atoms with E-state index in [2.05, 4.69) is 11.6 Å². The summed E-state index contributed by atoms with van der Waals surface area (Å²) in [6, 6.07) is 6.79. The molecule has 1 atom stereocenters. The predicted octanol–water partition coefficient (Wildman–Crippen LogP) is 3.07. The SMILES string of the molecule is C=CCOc1ccc([C@H]2C(C(=O)OC)=C(C)N=C3SCCC(=O)N32)cc1. The first-order chi connectivity index (χ1) is 12.6. The van der Waals surface area contributed by atoms with Crippen molar-refractivity contribution in [3.8, 4) is 5.75 Å². The number of carbonyl (C=O) groups is 2. The number of aliphatic imine (C=N–C) groups is 1. The molecule has 0 N–H and O–H groups in total. The third-order valence-electron chi connectivity index (χ3n) is 4.18. The van der Waals surface area contributed by atoms with E-state index in [9.17, 15) is 9.59 Å². The van der Waals surface area contributed by atoms with Crippen molar-refractivity contribution in [2.75, 3.05) is 19.5 Å². The molecule has 2 aliphatic rings. The maximum Gasteiger partial charge on any atom is 0.338 e. The number of esters is 1. The van der Waals surface area contributed by atoms with Crippen LogP contribution in [0.3, 0.4) is 0 Å². The molecule has 3 rings (SSSR count). The van der Waals surface area contributed by atoms with Gasteiger partial charge in [-0.15, -0.1) is 0 Å². The second-order valence-electron chi connectivity index (χ2n) is 5.82. The fourth-order valence-corrected chi connectivity index (χ4v) is 3.99. The van der Waals surface area contributed by atoms with Crippen molar-refractivity contribution in [2.24, 2.45) is 4.99 Å². The lowest BCUT2D eigenvalue weighted by Gasteiger charge is -2.38. The van der Waals surface area contributed by atoms with Gasteiger partial charge in [-0.3, -0.25) is 9.69 Å². The molecule has 0 aliphatic carbocycles. The van der Waals surface area contributed by atoms with Crippen LogP contribution in [0, 0.1) is 0 Å². The second kappa shape index (κ2) is 7.78. The Hall–Kier alpha value is -2.54. The van der Waals surface area contributed by atoms with Crippen molar-refractivity contribution in [3.05, 3.63) is 53.8 Å². The predicted molar refractivity (Wildman–Crippen MR) is 101 cm³/mol. The highest BCUT2D eigenvalue weighted by Crippen LogP contribution is 2.40. The number of amides is 1. The second-order valence-corrected chi connectivity index (χ2v) is 6.88. The first-order valence-corrected chi connectivity index (χ1v) is 9.21. The Kier molecular flexibility index (Phi) is 5.46. The van der Waals surface area contributed by atoms with E-state index in [1.54, 1.807) is 17.9 Å². The molecule has 7 heteroatoms. The number of benzene rings is 1. The van der Waals surface area contributed by atoms with Gasteiger partial charge in [0.1, 0.15) is 12.4 Å². The average molecular weight is 372 g/mol. The van der Waals surface area contributed by atoms with Gasteiger partial charge < -0.3 is 9.47 Å². The van der Waals surface area contributed by atoms with Gasteiger partial charge in [0.15, 0.2) is 5.17 Å². The van der Waals surface area contributed by atoms with Gasteiger partial charge in [0.05, 0.1) is 24.4 Å². The summed E-state index contributed by atoms with van der Waals surface area (Å²) in [4.78, 5) is 31.1. The Bertz CT molecular complexity index is 798. The van der Waals surface area contributed by atoms with Crippen molar-refractivity contribution < 1.29 is 19.1 Å². The molecule has 136 valence electrons. The quantitative estimate of drug-likeness (QED) is 0.587. The van der Waals surface area contributed by atoms with E-state index in [0.29, 0.717) is 41.0 Å². The normalized spacial score (nSPS) is 19.6. The first-order valence-electron chi connectivity index (χ1n) is 8.23. The monoisotopic (exact) mass is 372 g/mol. The third-order valence-corrected chi connectivity index (χ3v) is 5.13. The largest absolute Gasteiger partial charge is 0.490 e. The number of hydrogen-bond donors (Lipinski definition) is 0. The molecule has 2 aliphatic heterocycles. The average Bonchev–Trinajstić information content (AvgIpc) is 2.65. The van der Waals surface area contributed by atoms with Crippen LogP contribution in [0.5, 0.6) is 5.75 Å². The van der Waals surface area contributed by atoms with Crippen molar-refractivity contribution in [2.45, 2.75) is 19.4 Å². The van der Waals surface area contributed by atoms with E-state index < -0.39 is 12.0 Å². The maximum absolute atomic E-state index is 12.6. The number of rotatable bonds is 5. The molecule has 0 saturated carbocycles. The van der Waals surface area contributed by atoms with Crippen LogP contribution in [0.25, 0.3) is 0 Å². The zero-order chi connectivity index (χ0) is 18.7. The molecular formula is C19H20N2O4S. The van der Waals surface area contributed by atoms with E-state index in [1.165, 1.54) is 18.9 Å². The van der Waals surface area contributed by atoms with Crippen LogP contribution in [0.1, 0.15) is 24.9 Å². The Morgan fingerprint density at radius 3 is 2.81 bits per heavy atom. The number of methoxy groups -OCH3 is 1. The topological polar surface area (TPSA) is 68.2 Å². The first kappa shape index (κ1) is 18.3. The molecule has 0 bridgehead atoms. The molecule has 26 heavy (non-hydrogen) atoms. The molecule has 0 unspecified atom stereocenters. The summed E-state index contributed by atoms with van der Waals surface area (Å²) in [5.41, 5.74) is 1.76. The summed E-state index contributed by atoms with van der Waals surface area (Å²) in [6.45, 7) is 5.80. The van der Waals surface area contributed by atoms with Crippen LogP contribution in [0.4, 0.5) is 0 Å². The highest BCUT2D eigenvalue weighted by molar-refractivity contribution is 8.14. The number of carbonyl (C=O) groups excluding carboxylic acids is 2. The maximum atomic E-state index is 12.6. The summed E-state index contributed by atoms with van der Waals surface area (Å²) >= 11 is 1.52. The van der Waals surface area contributed by atoms with E-state index in [4.69, 9.17) is 9.47 Å². The van der Waals surface area contributed by atoms with Crippen LogP contribution in [-0.4, -0.2) is 41.4 Å². The highest BCUT2D eigenvalue weighted by atomic mass is 32.2. The van der Waals surface area contributed by atoms with E-state index in [0.717, 1.165) is 5.56 Å². The van der Waals surface area contributed by atoms with E-state index in [-0.39, 0.29) is 5.91 Å². The minimum Gasteiger partial charge on any atom is -0.490 e. The minimum atomic E-state index is -0.552. The Labute approximate surface area is 156 Å². The molecule has 1 aromatic carbocycles. The number of fused-ring (bicyclic) bond motifs is 1. The summed E-state index contributed by atoms with van der Waals surface area (Å²) in [7, 11) is 1.33. The standard InChI is InChI=1S/C19H20N2O4S/c1-4-10-25-14-7-5-13(6-8-14)17-16(18(23)24-3)12(2)20-19-21(17)15(22)9-11-26-19/h4-8,17H,1,9-11H2,2-3H3/t17-/m0/s1. The number of nitrogens with zero attached hydrogens (tertiary/aromatic N) is 2. The summed E-state index contributed by atoms with van der Waals surface area (Å²) in [5.74, 6) is 0.854. The fourth-order valence-electron chi connectivity index (χ4n) is 2.98. The van der Waals surface area contributed by atoms with E-state index in [1.807, 2.05) is 24.3 Å². The molecular weight excluding hydrogens is 352 g/mol. The molecule has 0 spiro atoms. The molecule has 1 amide bonds. The van der Waals surface area contributed by atoms with Crippen LogP contribution >= 0.6 is 11.8 Å². The molecule has 1 fully saturated rings. The van der Waals surface area contributed by atoms with Gasteiger partial charge >= 0.3 is 5.97 Å². The van der Waals surface area contributed by atoms with E-state index >= 15 is 0 Å². The van der Waals surface area contributed by atoms with Crippen molar-refractivity contribution in [1.82, 2.24) is 4.90 Å². The summed E-state index contributed by atoms with van der Waals surface area (Å²) in [5, 5.41) is 0.628. The molecule has 0 radical (unpaired) electrons. The van der Waals surface area contributed by atoms with Gasteiger partial charge in [0, 0.05) is 12.2 Å². The molecule has 1 saturated heterocycles. The van der Waals surface area contributed by atoms with Gasteiger partial charge in [-0.25, -0.2) is 9.79 Å². The van der Waals surface area contributed by atoms with Crippen LogP contribution in [-0.2, 0) is 14.3 Å².